The average Bonchev–Trinajstić information content (AvgIpc) is 3.21. The Bertz CT molecular complexity index is 1530. The monoisotopic (exact) mass is 463 g/mol. The van der Waals surface area contributed by atoms with Gasteiger partial charge >= 0.3 is 0 Å². The second kappa shape index (κ2) is 7.41. The summed E-state index contributed by atoms with van der Waals surface area (Å²) in [5, 5.41) is -0.287. The van der Waals surface area contributed by atoms with Crippen molar-refractivity contribution in [3.05, 3.63) is 80.7 Å². The van der Waals surface area contributed by atoms with Gasteiger partial charge in [0.2, 0.25) is 0 Å². The molecule has 11 heteroatoms. The highest BCUT2D eigenvalue weighted by Crippen LogP contribution is 2.34. The van der Waals surface area contributed by atoms with Crippen LogP contribution in [0.15, 0.2) is 29.1 Å². The highest BCUT2D eigenvalue weighted by molar-refractivity contribution is 5.98. The molecule has 0 bridgehead atoms. The predicted molar refractivity (Wildman–Crippen MR) is 107 cm³/mol. The number of rotatable bonds is 2. The van der Waals surface area contributed by atoms with Crippen LogP contribution in [0.2, 0.25) is 0 Å². The quantitative estimate of drug-likeness (QED) is 0.348. The predicted octanol–water partition coefficient (Wildman–Crippen LogP) is 4.05. The van der Waals surface area contributed by atoms with Crippen molar-refractivity contribution >= 4 is 27.6 Å². The number of benzene rings is 2. The van der Waals surface area contributed by atoms with Crippen LogP contribution in [0, 0.1) is 29.1 Å². The SMILES string of the molecule is CN(C(=O)c1cc2c(F)c(F)c(F)cc2[nH]1)[C@H]1COCc2[nH]c(=O)c3cc(F)c(F)cc3c21. The second-order valence-electron chi connectivity index (χ2n) is 7.74. The van der Waals surface area contributed by atoms with Crippen LogP contribution in [0.25, 0.3) is 21.7 Å². The number of carbonyl (C=O) groups is 1. The Kier molecular flexibility index (Phi) is 4.74. The summed E-state index contributed by atoms with van der Waals surface area (Å²) in [7, 11) is 1.39. The molecule has 0 saturated heterocycles. The number of ether oxygens (including phenoxy) is 1. The zero-order valence-electron chi connectivity index (χ0n) is 16.9. The lowest BCUT2D eigenvalue weighted by Crippen LogP contribution is -2.37. The highest BCUT2D eigenvalue weighted by atomic mass is 19.2. The van der Waals surface area contributed by atoms with E-state index in [9.17, 15) is 31.5 Å². The number of H-pyrrole nitrogens is 2. The number of hydrogen-bond donors (Lipinski definition) is 2. The largest absolute Gasteiger partial charge is 0.373 e. The number of aromatic nitrogens is 2. The lowest BCUT2D eigenvalue weighted by molar-refractivity contribution is 0.0333. The molecule has 2 aromatic carbocycles. The molecule has 1 aliphatic rings. The Morgan fingerprint density at radius 2 is 1.64 bits per heavy atom. The van der Waals surface area contributed by atoms with E-state index in [1.807, 2.05) is 0 Å². The van der Waals surface area contributed by atoms with Gasteiger partial charge < -0.3 is 19.6 Å². The number of nitrogens with one attached hydrogen (secondary N) is 2. The molecule has 0 aliphatic carbocycles. The third kappa shape index (κ3) is 3.18. The summed E-state index contributed by atoms with van der Waals surface area (Å²) < 4.78 is 74.5. The molecular weight excluding hydrogens is 449 g/mol. The molecule has 2 N–H and O–H groups in total. The zero-order valence-corrected chi connectivity index (χ0v) is 16.9. The molecule has 0 saturated carbocycles. The lowest BCUT2D eigenvalue weighted by Gasteiger charge is -2.33. The van der Waals surface area contributed by atoms with E-state index in [0.29, 0.717) is 11.3 Å². The van der Waals surface area contributed by atoms with Crippen LogP contribution in [-0.2, 0) is 11.3 Å². The number of pyridine rings is 1. The van der Waals surface area contributed by atoms with Crippen LogP contribution >= 0.6 is 0 Å². The van der Waals surface area contributed by atoms with E-state index >= 15 is 0 Å². The number of nitrogens with zero attached hydrogens (tertiary/aromatic N) is 1. The van der Waals surface area contributed by atoms with Crippen molar-refractivity contribution in [3.63, 3.8) is 0 Å². The molecule has 0 radical (unpaired) electrons. The molecule has 1 aliphatic heterocycles. The Labute approximate surface area is 181 Å². The van der Waals surface area contributed by atoms with Gasteiger partial charge in [-0.15, -0.1) is 0 Å². The molecule has 170 valence electrons. The number of hydrogen-bond acceptors (Lipinski definition) is 3. The molecule has 2 aromatic heterocycles. The van der Waals surface area contributed by atoms with E-state index in [0.717, 1.165) is 24.3 Å². The van der Waals surface area contributed by atoms with Gasteiger partial charge in [0.25, 0.3) is 11.5 Å². The van der Waals surface area contributed by atoms with Crippen molar-refractivity contribution in [1.29, 1.82) is 0 Å². The van der Waals surface area contributed by atoms with Gasteiger partial charge in [-0.1, -0.05) is 0 Å². The summed E-state index contributed by atoms with van der Waals surface area (Å²) in [5.74, 6) is -7.54. The van der Waals surface area contributed by atoms with Gasteiger partial charge in [-0.2, -0.15) is 0 Å². The molecule has 0 spiro atoms. The summed E-state index contributed by atoms with van der Waals surface area (Å²) in [6.45, 7) is -0.0541. The van der Waals surface area contributed by atoms with E-state index in [2.05, 4.69) is 9.97 Å². The van der Waals surface area contributed by atoms with Crippen LogP contribution < -0.4 is 5.56 Å². The topological polar surface area (TPSA) is 78.2 Å². The third-order valence-corrected chi connectivity index (χ3v) is 5.82. The molecule has 3 heterocycles. The van der Waals surface area contributed by atoms with Crippen LogP contribution in [0.5, 0.6) is 0 Å². The summed E-state index contributed by atoms with van der Waals surface area (Å²) in [5.41, 5.74) is -0.257. The highest BCUT2D eigenvalue weighted by Gasteiger charge is 2.32. The van der Waals surface area contributed by atoms with Crippen molar-refractivity contribution in [2.45, 2.75) is 12.6 Å². The Hall–Kier alpha value is -3.73. The first kappa shape index (κ1) is 21.1. The lowest BCUT2D eigenvalue weighted by atomic mass is 9.95. The fourth-order valence-electron chi connectivity index (χ4n) is 4.17. The Balaban J connectivity index is 1.62. The fraction of sp³-hybridized carbons (Fsp3) is 0.182. The van der Waals surface area contributed by atoms with Gasteiger partial charge in [0.05, 0.1) is 30.2 Å². The summed E-state index contributed by atoms with van der Waals surface area (Å²) in [6, 6.07) is 2.62. The third-order valence-electron chi connectivity index (χ3n) is 5.82. The zero-order chi connectivity index (χ0) is 23.6. The first-order valence-corrected chi connectivity index (χ1v) is 9.72. The molecule has 4 aromatic rings. The summed E-state index contributed by atoms with van der Waals surface area (Å²) in [6.07, 6.45) is 0. The van der Waals surface area contributed by atoms with Gasteiger partial charge in [-0.3, -0.25) is 9.59 Å². The first-order chi connectivity index (χ1) is 15.7. The van der Waals surface area contributed by atoms with Crippen molar-refractivity contribution in [2.24, 2.45) is 0 Å². The van der Waals surface area contributed by atoms with Gasteiger partial charge in [0.1, 0.15) is 5.69 Å². The number of likely N-dealkylation sites (N-methyl/N-ethyl adjacent to an activating group) is 1. The van der Waals surface area contributed by atoms with Gasteiger partial charge in [0, 0.05) is 29.8 Å². The van der Waals surface area contributed by atoms with Gasteiger partial charge in [0.15, 0.2) is 29.1 Å². The Morgan fingerprint density at radius 3 is 2.36 bits per heavy atom. The minimum absolute atomic E-state index is 0.0197. The maximum Gasteiger partial charge on any atom is 0.270 e. The van der Waals surface area contributed by atoms with Crippen molar-refractivity contribution in [2.75, 3.05) is 13.7 Å². The molecule has 0 fully saturated rings. The average molecular weight is 463 g/mol. The van der Waals surface area contributed by atoms with Crippen LogP contribution in [0.1, 0.15) is 27.8 Å². The molecule has 33 heavy (non-hydrogen) atoms. The van der Waals surface area contributed by atoms with E-state index in [1.54, 1.807) is 0 Å². The standard InChI is InChI=1S/C22H14F5N3O3/c1-30(22(32)15-4-10-14(28-15)5-13(25)20(27)19(10)26)17-7-33-6-16-18(17)8-2-11(23)12(24)3-9(8)21(31)29-16/h2-5,17,28H,6-7H2,1H3,(H,29,31)/t17-/m0/s1. The van der Waals surface area contributed by atoms with Crippen LogP contribution in [0.4, 0.5) is 22.0 Å². The van der Waals surface area contributed by atoms with Crippen molar-refractivity contribution in [3.8, 4) is 0 Å². The first-order valence-electron chi connectivity index (χ1n) is 9.72. The van der Waals surface area contributed by atoms with Crippen molar-refractivity contribution < 1.29 is 31.5 Å². The number of halogens is 5. The molecule has 0 unspecified atom stereocenters. The molecular formula is C22H14F5N3O3. The molecule has 5 rings (SSSR count). The molecule has 6 nitrogen and oxygen atoms in total. The summed E-state index contributed by atoms with van der Waals surface area (Å²) in [4.78, 5) is 31.8. The number of aromatic amines is 2. The number of carbonyl (C=O) groups excluding carboxylic acids is 1. The number of fused-ring (bicyclic) bond motifs is 4. The van der Waals surface area contributed by atoms with E-state index in [4.69, 9.17) is 4.74 Å². The van der Waals surface area contributed by atoms with E-state index in [-0.39, 0.29) is 40.6 Å². The molecule has 1 atom stereocenters. The van der Waals surface area contributed by atoms with Crippen molar-refractivity contribution in [1.82, 2.24) is 14.9 Å². The van der Waals surface area contributed by atoms with Gasteiger partial charge in [-0.25, -0.2) is 22.0 Å². The normalized spacial score (nSPS) is 15.8. The van der Waals surface area contributed by atoms with Gasteiger partial charge in [-0.05, 0) is 23.6 Å². The number of amides is 1. The van der Waals surface area contributed by atoms with Crippen LogP contribution in [-0.4, -0.2) is 34.4 Å². The van der Waals surface area contributed by atoms with E-state index in [1.165, 1.54) is 11.9 Å². The maximum atomic E-state index is 14.1. The minimum atomic E-state index is -1.66. The molecule has 1 amide bonds. The summed E-state index contributed by atoms with van der Waals surface area (Å²) >= 11 is 0. The smallest absolute Gasteiger partial charge is 0.270 e. The maximum absolute atomic E-state index is 14.1. The fourth-order valence-corrected chi connectivity index (χ4v) is 4.17. The minimum Gasteiger partial charge on any atom is -0.373 e. The van der Waals surface area contributed by atoms with E-state index < -0.39 is 46.6 Å². The second-order valence-corrected chi connectivity index (χ2v) is 7.74. The van der Waals surface area contributed by atoms with Crippen LogP contribution in [0.3, 0.4) is 0 Å². The Morgan fingerprint density at radius 1 is 0.939 bits per heavy atom.